The van der Waals surface area contributed by atoms with Crippen molar-refractivity contribution < 1.29 is 29.7 Å². The fourth-order valence-electron chi connectivity index (χ4n) is 2.65. The zero-order chi connectivity index (χ0) is 17.6. The molecule has 0 atom stereocenters. The number of aryl methyl sites for hydroxylation is 1. The molecule has 0 radical (unpaired) electrons. The Morgan fingerprint density at radius 2 is 1.35 bits per heavy atom. The van der Waals surface area contributed by atoms with Gasteiger partial charge in [-0.25, -0.2) is 14.4 Å². The second-order valence-corrected chi connectivity index (χ2v) is 5.43. The smallest absolute Gasteiger partial charge is 0.336 e. The Morgan fingerprint density at radius 3 is 1.78 bits per heavy atom. The van der Waals surface area contributed by atoms with Gasteiger partial charge < -0.3 is 15.3 Å². The van der Waals surface area contributed by atoms with E-state index >= 15 is 0 Å². The molecule has 0 heterocycles. The summed E-state index contributed by atoms with van der Waals surface area (Å²) in [6.07, 6.45) is 3.53. The van der Waals surface area contributed by atoms with Crippen molar-refractivity contribution >= 4 is 17.9 Å². The molecule has 0 bridgehead atoms. The Hall–Kier alpha value is -2.37. The molecule has 0 aromatic heterocycles. The number of aromatic carboxylic acids is 3. The van der Waals surface area contributed by atoms with E-state index in [1.807, 2.05) is 13.8 Å². The van der Waals surface area contributed by atoms with E-state index < -0.39 is 23.5 Å². The Labute approximate surface area is 134 Å². The van der Waals surface area contributed by atoms with Crippen LogP contribution in [0.1, 0.15) is 81.7 Å². The molecule has 6 nitrogen and oxygen atoms in total. The first-order valence-corrected chi connectivity index (χ1v) is 7.73. The third kappa shape index (κ3) is 4.31. The zero-order valence-corrected chi connectivity index (χ0v) is 13.4. The summed E-state index contributed by atoms with van der Waals surface area (Å²) in [6, 6.07) is 1.21. The SMILES string of the molecule is CCCCc1cc(C(=O)O)c(C(=O)O)c(CCCC)c1C(=O)O. The summed E-state index contributed by atoms with van der Waals surface area (Å²) in [7, 11) is 0. The van der Waals surface area contributed by atoms with Crippen LogP contribution in [0.2, 0.25) is 0 Å². The number of hydrogen-bond acceptors (Lipinski definition) is 3. The zero-order valence-electron chi connectivity index (χ0n) is 13.4. The van der Waals surface area contributed by atoms with E-state index in [4.69, 9.17) is 0 Å². The average molecular weight is 322 g/mol. The molecule has 1 aromatic rings. The lowest BCUT2D eigenvalue weighted by Crippen LogP contribution is -2.18. The van der Waals surface area contributed by atoms with E-state index in [9.17, 15) is 29.7 Å². The van der Waals surface area contributed by atoms with Crippen molar-refractivity contribution in [3.63, 3.8) is 0 Å². The predicted octanol–water partition coefficient (Wildman–Crippen LogP) is 3.47. The topological polar surface area (TPSA) is 112 Å². The lowest BCUT2D eigenvalue weighted by atomic mass is 9.87. The molecule has 3 N–H and O–H groups in total. The molecule has 126 valence electrons. The number of carboxylic acids is 3. The fraction of sp³-hybridized carbons (Fsp3) is 0.471. The minimum absolute atomic E-state index is 0.0469. The Bertz CT molecular complexity index is 618. The van der Waals surface area contributed by atoms with Crippen molar-refractivity contribution in [1.82, 2.24) is 0 Å². The largest absolute Gasteiger partial charge is 0.478 e. The van der Waals surface area contributed by atoms with Crippen LogP contribution in [-0.4, -0.2) is 33.2 Å². The van der Waals surface area contributed by atoms with Gasteiger partial charge in [-0.15, -0.1) is 0 Å². The van der Waals surface area contributed by atoms with Gasteiger partial charge in [0.1, 0.15) is 0 Å². The second-order valence-electron chi connectivity index (χ2n) is 5.43. The number of hydrogen-bond donors (Lipinski definition) is 3. The molecule has 6 heteroatoms. The highest BCUT2D eigenvalue weighted by Crippen LogP contribution is 2.27. The summed E-state index contributed by atoms with van der Waals surface area (Å²) in [5.74, 6) is -3.96. The number of carboxylic acid groups (broad SMARTS) is 3. The van der Waals surface area contributed by atoms with Crippen LogP contribution in [0.15, 0.2) is 6.07 Å². The molecule has 0 spiro atoms. The molecule has 0 saturated carbocycles. The van der Waals surface area contributed by atoms with Crippen LogP contribution in [0.5, 0.6) is 0 Å². The predicted molar refractivity (Wildman–Crippen MR) is 84.5 cm³/mol. The van der Waals surface area contributed by atoms with Crippen LogP contribution in [0.3, 0.4) is 0 Å². The van der Waals surface area contributed by atoms with Crippen LogP contribution in [0.4, 0.5) is 0 Å². The van der Waals surface area contributed by atoms with Gasteiger partial charge in [-0.2, -0.15) is 0 Å². The molecule has 1 aromatic carbocycles. The summed E-state index contributed by atoms with van der Waals surface area (Å²) in [5.41, 5.74) is -0.261. The molecule has 23 heavy (non-hydrogen) atoms. The van der Waals surface area contributed by atoms with Crippen LogP contribution in [-0.2, 0) is 12.8 Å². The third-order valence-corrected chi connectivity index (χ3v) is 3.75. The number of benzene rings is 1. The van der Waals surface area contributed by atoms with Crippen LogP contribution < -0.4 is 0 Å². The lowest BCUT2D eigenvalue weighted by molar-refractivity contribution is 0.0647. The lowest BCUT2D eigenvalue weighted by Gasteiger charge is -2.17. The van der Waals surface area contributed by atoms with Crippen LogP contribution >= 0.6 is 0 Å². The summed E-state index contributed by atoms with van der Waals surface area (Å²) in [4.78, 5) is 34.7. The van der Waals surface area contributed by atoms with Crippen molar-refractivity contribution in [3.05, 3.63) is 33.9 Å². The maximum Gasteiger partial charge on any atom is 0.336 e. The molecule has 0 aliphatic rings. The quantitative estimate of drug-likeness (QED) is 0.642. The van der Waals surface area contributed by atoms with Gasteiger partial charge in [-0.3, -0.25) is 0 Å². The summed E-state index contributed by atoms with van der Waals surface area (Å²) in [6.45, 7) is 3.85. The Kier molecular flexibility index (Phi) is 6.75. The number of unbranched alkanes of at least 4 members (excludes halogenated alkanes) is 2. The highest BCUT2D eigenvalue weighted by molar-refractivity contribution is 6.06. The van der Waals surface area contributed by atoms with Crippen LogP contribution in [0.25, 0.3) is 0 Å². The normalized spacial score (nSPS) is 10.5. The highest BCUT2D eigenvalue weighted by Gasteiger charge is 2.28. The van der Waals surface area contributed by atoms with Gasteiger partial charge in [0.05, 0.1) is 16.7 Å². The molecule has 0 fully saturated rings. The molecular formula is C17H22O6. The van der Waals surface area contributed by atoms with E-state index in [0.29, 0.717) is 24.8 Å². The van der Waals surface area contributed by atoms with Gasteiger partial charge in [-0.1, -0.05) is 26.7 Å². The number of rotatable bonds is 9. The minimum Gasteiger partial charge on any atom is -0.478 e. The maximum absolute atomic E-state index is 11.7. The molecule has 0 aliphatic carbocycles. The van der Waals surface area contributed by atoms with Crippen molar-refractivity contribution in [2.45, 2.75) is 52.4 Å². The van der Waals surface area contributed by atoms with E-state index in [0.717, 1.165) is 12.8 Å². The molecule has 0 amide bonds. The van der Waals surface area contributed by atoms with E-state index in [1.54, 1.807) is 0 Å². The first-order valence-electron chi connectivity index (χ1n) is 7.73. The van der Waals surface area contributed by atoms with Gasteiger partial charge in [0, 0.05) is 0 Å². The first-order chi connectivity index (χ1) is 10.8. The highest BCUT2D eigenvalue weighted by atomic mass is 16.4. The van der Waals surface area contributed by atoms with Gasteiger partial charge in [-0.05, 0) is 42.9 Å². The minimum atomic E-state index is -1.40. The van der Waals surface area contributed by atoms with Gasteiger partial charge in [0.2, 0.25) is 0 Å². The maximum atomic E-state index is 11.7. The van der Waals surface area contributed by atoms with E-state index in [2.05, 4.69) is 0 Å². The first kappa shape index (κ1) is 18.7. The van der Waals surface area contributed by atoms with Crippen LogP contribution in [0, 0.1) is 0 Å². The fourth-order valence-corrected chi connectivity index (χ4v) is 2.65. The van der Waals surface area contributed by atoms with Crippen molar-refractivity contribution in [2.75, 3.05) is 0 Å². The Balaban J connectivity index is 3.72. The van der Waals surface area contributed by atoms with Gasteiger partial charge in [0.15, 0.2) is 0 Å². The number of carbonyl (C=O) groups is 3. The molecular weight excluding hydrogens is 300 g/mol. The third-order valence-electron chi connectivity index (χ3n) is 3.75. The molecule has 0 aliphatic heterocycles. The molecule has 0 unspecified atom stereocenters. The Morgan fingerprint density at radius 1 is 0.826 bits per heavy atom. The molecule has 0 saturated heterocycles. The summed E-state index contributed by atoms with van der Waals surface area (Å²) < 4.78 is 0. The molecule has 1 rings (SSSR count). The monoisotopic (exact) mass is 322 g/mol. The van der Waals surface area contributed by atoms with Crippen molar-refractivity contribution in [2.24, 2.45) is 0 Å². The summed E-state index contributed by atoms with van der Waals surface area (Å²) >= 11 is 0. The van der Waals surface area contributed by atoms with E-state index in [-0.39, 0.29) is 23.1 Å². The summed E-state index contributed by atoms with van der Waals surface area (Å²) in [5, 5.41) is 28.3. The van der Waals surface area contributed by atoms with Crippen molar-refractivity contribution in [1.29, 1.82) is 0 Å². The standard InChI is InChI=1S/C17H22O6/c1-3-5-7-10-9-12(15(18)19)14(17(22)23)11(8-6-4-2)13(10)16(20)21/h9H,3-8H2,1-2H3,(H,18,19)(H,20,21)(H,22,23). The average Bonchev–Trinajstić information content (AvgIpc) is 2.48. The van der Waals surface area contributed by atoms with E-state index in [1.165, 1.54) is 6.07 Å². The van der Waals surface area contributed by atoms with Gasteiger partial charge >= 0.3 is 17.9 Å². The van der Waals surface area contributed by atoms with Crippen molar-refractivity contribution in [3.8, 4) is 0 Å². The van der Waals surface area contributed by atoms with Gasteiger partial charge in [0.25, 0.3) is 0 Å². The second kappa shape index (κ2) is 8.31.